The van der Waals surface area contributed by atoms with Crippen molar-refractivity contribution in [3.05, 3.63) is 28.2 Å². The molecule has 1 rings (SSSR count). The Morgan fingerprint density at radius 2 is 2.27 bits per heavy atom. The van der Waals surface area contributed by atoms with Gasteiger partial charge in [-0.15, -0.1) is 0 Å². The van der Waals surface area contributed by atoms with Gasteiger partial charge >= 0.3 is 5.97 Å². The van der Waals surface area contributed by atoms with Gasteiger partial charge in [0, 0.05) is 0 Å². The van der Waals surface area contributed by atoms with E-state index in [1.807, 2.05) is 13.8 Å². The summed E-state index contributed by atoms with van der Waals surface area (Å²) in [7, 11) is 0. The molecule has 15 heavy (non-hydrogen) atoms. The summed E-state index contributed by atoms with van der Waals surface area (Å²) in [4.78, 5) is 10.9. The van der Waals surface area contributed by atoms with Crippen molar-refractivity contribution in [3.8, 4) is 5.75 Å². The van der Waals surface area contributed by atoms with Gasteiger partial charge in [0.2, 0.25) is 0 Å². The standard InChI is InChI=1S/C11H13BrO3/c1-3-7(2)15-10-8(11(13)14)5-4-6-9(10)12/h4-7H,3H2,1-2H3,(H,13,14). The topological polar surface area (TPSA) is 46.5 Å². The molecule has 0 saturated heterocycles. The molecule has 1 aromatic rings. The van der Waals surface area contributed by atoms with Gasteiger partial charge in [0.15, 0.2) is 0 Å². The van der Waals surface area contributed by atoms with Gasteiger partial charge < -0.3 is 9.84 Å². The highest BCUT2D eigenvalue weighted by molar-refractivity contribution is 9.10. The molecule has 0 fully saturated rings. The van der Waals surface area contributed by atoms with Crippen molar-refractivity contribution in [3.63, 3.8) is 0 Å². The summed E-state index contributed by atoms with van der Waals surface area (Å²) in [6.45, 7) is 3.90. The molecular formula is C11H13BrO3. The minimum atomic E-state index is -0.977. The average molecular weight is 273 g/mol. The molecule has 1 aromatic carbocycles. The van der Waals surface area contributed by atoms with Crippen molar-refractivity contribution < 1.29 is 14.6 Å². The maximum absolute atomic E-state index is 10.9. The Balaban J connectivity index is 3.07. The van der Waals surface area contributed by atoms with E-state index in [9.17, 15) is 4.79 Å². The number of carboxylic acid groups (broad SMARTS) is 1. The minimum Gasteiger partial charge on any atom is -0.489 e. The number of hydrogen-bond donors (Lipinski definition) is 1. The first-order chi connectivity index (χ1) is 7.06. The molecule has 0 heterocycles. The largest absolute Gasteiger partial charge is 0.489 e. The van der Waals surface area contributed by atoms with E-state index in [1.54, 1.807) is 12.1 Å². The predicted molar refractivity (Wildman–Crippen MR) is 61.5 cm³/mol. The van der Waals surface area contributed by atoms with Crippen LogP contribution in [-0.4, -0.2) is 17.2 Å². The van der Waals surface area contributed by atoms with E-state index in [-0.39, 0.29) is 11.7 Å². The van der Waals surface area contributed by atoms with Crippen molar-refractivity contribution in [1.82, 2.24) is 0 Å². The first-order valence-electron chi connectivity index (χ1n) is 4.74. The fourth-order valence-corrected chi connectivity index (χ4v) is 1.54. The van der Waals surface area contributed by atoms with Crippen molar-refractivity contribution in [2.45, 2.75) is 26.4 Å². The van der Waals surface area contributed by atoms with Gasteiger partial charge in [-0.2, -0.15) is 0 Å². The predicted octanol–water partition coefficient (Wildman–Crippen LogP) is 3.32. The number of benzene rings is 1. The van der Waals surface area contributed by atoms with E-state index in [0.29, 0.717) is 10.2 Å². The summed E-state index contributed by atoms with van der Waals surface area (Å²) >= 11 is 3.28. The lowest BCUT2D eigenvalue weighted by molar-refractivity contribution is 0.0689. The number of carboxylic acids is 1. The summed E-state index contributed by atoms with van der Waals surface area (Å²) in [5.41, 5.74) is 0.185. The van der Waals surface area contributed by atoms with Crippen molar-refractivity contribution in [2.24, 2.45) is 0 Å². The van der Waals surface area contributed by atoms with Gasteiger partial charge in [0.1, 0.15) is 11.3 Å². The van der Waals surface area contributed by atoms with E-state index in [0.717, 1.165) is 6.42 Å². The molecule has 0 bridgehead atoms. The summed E-state index contributed by atoms with van der Waals surface area (Å²) in [5, 5.41) is 8.97. The van der Waals surface area contributed by atoms with E-state index in [2.05, 4.69) is 15.9 Å². The normalized spacial score (nSPS) is 12.2. The van der Waals surface area contributed by atoms with Crippen LogP contribution in [0.2, 0.25) is 0 Å². The molecule has 0 aliphatic carbocycles. The second kappa shape index (κ2) is 5.16. The number of aromatic carboxylic acids is 1. The van der Waals surface area contributed by atoms with Gasteiger partial charge in [-0.1, -0.05) is 13.0 Å². The lowest BCUT2D eigenvalue weighted by Gasteiger charge is -2.15. The number of rotatable bonds is 4. The van der Waals surface area contributed by atoms with Crippen molar-refractivity contribution in [1.29, 1.82) is 0 Å². The number of carbonyl (C=O) groups is 1. The van der Waals surface area contributed by atoms with Crippen molar-refractivity contribution >= 4 is 21.9 Å². The fraction of sp³-hybridized carbons (Fsp3) is 0.364. The Kier molecular flexibility index (Phi) is 4.15. The van der Waals surface area contributed by atoms with Crippen LogP contribution in [0.4, 0.5) is 0 Å². The lowest BCUT2D eigenvalue weighted by Crippen LogP contribution is -2.13. The molecule has 82 valence electrons. The zero-order valence-corrected chi connectivity index (χ0v) is 10.2. The molecule has 3 nitrogen and oxygen atoms in total. The minimum absolute atomic E-state index is 0.00167. The average Bonchev–Trinajstić information content (AvgIpc) is 2.20. The summed E-state index contributed by atoms with van der Waals surface area (Å²) in [6, 6.07) is 4.98. The maximum Gasteiger partial charge on any atom is 0.339 e. The smallest absolute Gasteiger partial charge is 0.339 e. The monoisotopic (exact) mass is 272 g/mol. The molecule has 0 saturated carbocycles. The number of para-hydroxylation sites is 1. The molecular weight excluding hydrogens is 260 g/mol. The molecule has 1 unspecified atom stereocenters. The number of ether oxygens (including phenoxy) is 1. The highest BCUT2D eigenvalue weighted by Crippen LogP contribution is 2.30. The highest BCUT2D eigenvalue weighted by Gasteiger charge is 2.15. The second-order valence-electron chi connectivity index (χ2n) is 3.26. The molecule has 0 amide bonds. The van der Waals surface area contributed by atoms with Gasteiger partial charge in [-0.3, -0.25) is 0 Å². The van der Waals surface area contributed by atoms with Crippen LogP contribution in [0.5, 0.6) is 5.75 Å². The molecule has 0 aliphatic rings. The van der Waals surface area contributed by atoms with Crippen LogP contribution >= 0.6 is 15.9 Å². The Morgan fingerprint density at radius 1 is 1.60 bits per heavy atom. The highest BCUT2D eigenvalue weighted by atomic mass is 79.9. The molecule has 0 spiro atoms. The van der Waals surface area contributed by atoms with Crippen molar-refractivity contribution in [2.75, 3.05) is 0 Å². The SMILES string of the molecule is CCC(C)Oc1c(Br)cccc1C(=O)O. The van der Waals surface area contributed by atoms with Gasteiger partial charge in [0.05, 0.1) is 10.6 Å². The number of hydrogen-bond acceptors (Lipinski definition) is 2. The zero-order valence-electron chi connectivity index (χ0n) is 8.66. The van der Waals surface area contributed by atoms with Crippen LogP contribution < -0.4 is 4.74 Å². The first kappa shape index (κ1) is 12.0. The van der Waals surface area contributed by atoms with E-state index in [1.165, 1.54) is 6.07 Å². The third-order valence-corrected chi connectivity index (χ3v) is 2.72. The van der Waals surface area contributed by atoms with Crippen LogP contribution in [0.1, 0.15) is 30.6 Å². The number of halogens is 1. The quantitative estimate of drug-likeness (QED) is 0.915. The second-order valence-corrected chi connectivity index (χ2v) is 4.11. The maximum atomic E-state index is 10.9. The van der Waals surface area contributed by atoms with Crippen LogP contribution in [0.15, 0.2) is 22.7 Å². The van der Waals surface area contributed by atoms with E-state index >= 15 is 0 Å². The summed E-state index contributed by atoms with van der Waals surface area (Å²) in [5.74, 6) is -0.575. The van der Waals surface area contributed by atoms with Gasteiger partial charge in [-0.05, 0) is 41.4 Å². The third kappa shape index (κ3) is 2.96. The first-order valence-corrected chi connectivity index (χ1v) is 5.54. The Bertz CT molecular complexity index is 363. The molecule has 0 aromatic heterocycles. The van der Waals surface area contributed by atoms with E-state index < -0.39 is 5.97 Å². The van der Waals surface area contributed by atoms with Crippen LogP contribution in [0, 0.1) is 0 Å². The Labute approximate surface area is 97.2 Å². The fourth-order valence-electron chi connectivity index (χ4n) is 1.08. The van der Waals surface area contributed by atoms with E-state index in [4.69, 9.17) is 9.84 Å². The Morgan fingerprint density at radius 3 is 2.80 bits per heavy atom. The molecule has 1 atom stereocenters. The van der Waals surface area contributed by atoms with Crippen LogP contribution in [-0.2, 0) is 0 Å². The molecule has 0 radical (unpaired) electrons. The zero-order chi connectivity index (χ0) is 11.4. The molecule has 0 aliphatic heterocycles. The Hall–Kier alpha value is -1.03. The summed E-state index contributed by atoms with van der Waals surface area (Å²) < 4.78 is 6.23. The van der Waals surface area contributed by atoms with Crippen LogP contribution in [0.3, 0.4) is 0 Å². The molecule has 4 heteroatoms. The van der Waals surface area contributed by atoms with Crippen LogP contribution in [0.25, 0.3) is 0 Å². The van der Waals surface area contributed by atoms with Gasteiger partial charge in [-0.25, -0.2) is 4.79 Å². The third-order valence-electron chi connectivity index (χ3n) is 2.09. The van der Waals surface area contributed by atoms with Gasteiger partial charge in [0.25, 0.3) is 0 Å². The summed E-state index contributed by atoms with van der Waals surface area (Å²) in [6.07, 6.45) is 0.835. The lowest BCUT2D eigenvalue weighted by atomic mass is 10.2. The molecule has 1 N–H and O–H groups in total.